The van der Waals surface area contributed by atoms with Gasteiger partial charge in [0.15, 0.2) is 11.6 Å². The molecule has 7 heteroatoms. The van der Waals surface area contributed by atoms with E-state index in [-0.39, 0.29) is 15.5 Å². The third-order valence-electron chi connectivity index (χ3n) is 2.43. The number of nitrogen functional groups attached to an aromatic ring is 1. The zero-order valence-electron chi connectivity index (χ0n) is 9.84. The van der Waals surface area contributed by atoms with Crippen LogP contribution in [0.5, 0.6) is 0 Å². The molecule has 0 unspecified atom stereocenters. The number of benzene rings is 2. The van der Waals surface area contributed by atoms with Gasteiger partial charge in [0.25, 0.3) is 0 Å². The average molecular weight is 305 g/mol. The Hall–Kier alpha value is -1.76. The Morgan fingerprint density at radius 2 is 1.60 bits per heavy atom. The van der Waals surface area contributed by atoms with Crippen LogP contribution < -0.4 is 5.73 Å². The standard InChI is InChI=1S/C13H8F5NS/c14-10-3-2-8(6-11(10)15)20-12-4-1-7(19)5-9(12)13(16,17)18/h1-6H,19H2. The van der Waals surface area contributed by atoms with E-state index >= 15 is 0 Å². The van der Waals surface area contributed by atoms with E-state index in [1.165, 1.54) is 18.2 Å². The summed E-state index contributed by atoms with van der Waals surface area (Å²) in [6.45, 7) is 0. The first-order valence-corrected chi connectivity index (χ1v) is 6.18. The molecule has 106 valence electrons. The van der Waals surface area contributed by atoms with Gasteiger partial charge < -0.3 is 5.73 Å². The molecule has 0 saturated carbocycles. The highest BCUT2D eigenvalue weighted by atomic mass is 32.2. The van der Waals surface area contributed by atoms with Gasteiger partial charge in [-0.25, -0.2) is 8.78 Å². The Kier molecular flexibility index (Phi) is 3.89. The molecule has 0 aliphatic carbocycles. The van der Waals surface area contributed by atoms with Crippen molar-refractivity contribution in [2.24, 2.45) is 0 Å². The van der Waals surface area contributed by atoms with Gasteiger partial charge in [0.1, 0.15) is 0 Å². The first kappa shape index (κ1) is 14.6. The Labute approximate surface area is 115 Å². The molecule has 0 saturated heterocycles. The number of nitrogens with two attached hydrogens (primary N) is 1. The maximum Gasteiger partial charge on any atom is 0.417 e. The number of hydrogen-bond acceptors (Lipinski definition) is 2. The zero-order valence-corrected chi connectivity index (χ0v) is 10.7. The van der Waals surface area contributed by atoms with Crippen LogP contribution >= 0.6 is 11.8 Å². The number of rotatable bonds is 2. The molecule has 0 aliphatic rings. The maximum absolute atomic E-state index is 13.0. The van der Waals surface area contributed by atoms with Crippen molar-refractivity contribution < 1.29 is 22.0 Å². The lowest BCUT2D eigenvalue weighted by Gasteiger charge is -2.13. The Morgan fingerprint density at radius 1 is 0.900 bits per heavy atom. The molecule has 20 heavy (non-hydrogen) atoms. The summed E-state index contributed by atoms with van der Waals surface area (Å²) in [5.41, 5.74) is 4.41. The quantitative estimate of drug-likeness (QED) is 0.642. The summed E-state index contributed by atoms with van der Waals surface area (Å²) >= 11 is 0.690. The molecule has 0 heterocycles. The molecule has 0 amide bonds. The van der Waals surface area contributed by atoms with Crippen molar-refractivity contribution in [2.45, 2.75) is 16.0 Å². The number of anilines is 1. The summed E-state index contributed by atoms with van der Waals surface area (Å²) in [7, 11) is 0. The highest BCUT2D eigenvalue weighted by Gasteiger charge is 2.33. The molecular weight excluding hydrogens is 297 g/mol. The van der Waals surface area contributed by atoms with Crippen LogP contribution in [0.2, 0.25) is 0 Å². The molecule has 2 N–H and O–H groups in total. The summed E-state index contributed by atoms with van der Waals surface area (Å²) in [5.74, 6) is -2.17. The molecule has 0 radical (unpaired) electrons. The number of hydrogen-bond donors (Lipinski definition) is 1. The van der Waals surface area contributed by atoms with E-state index in [1.807, 2.05) is 0 Å². The Bertz CT molecular complexity index is 639. The Morgan fingerprint density at radius 3 is 2.20 bits per heavy atom. The van der Waals surface area contributed by atoms with Crippen molar-refractivity contribution in [3.63, 3.8) is 0 Å². The van der Waals surface area contributed by atoms with Crippen LogP contribution in [0.1, 0.15) is 5.56 Å². The Balaban J connectivity index is 2.40. The SMILES string of the molecule is Nc1ccc(Sc2ccc(F)c(F)c2)c(C(F)(F)F)c1. The van der Waals surface area contributed by atoms with Gasteiger partial charge in [-0.15, -0.1) is 0 Å². The van der Waals surface area contributed by atoms with Gasteiger partial charge in [0.2, 0.25) is 0 Å². The molecular formula is C13H8F5NS. The zero-order chi connectivity index (χ0) is 14.9. The van der Waals surface area contributed by atoms with Gasteiger partial charge in [-0.2, -0.15) is 13.2 Å². The van der Waals surface area contributed by atoms with E-state index in [4.69, 9.17) is 5.73 Å². The maximum atomic E-state index is 13.0. The second-order valence-corrected chi connectivity index (χ2v) is 5.05. The molecule has 0 atom stereocenters. The van der Waals surface area contributed by atoms with Crippen molar-refractivity contribution in [2.75, 3.05) is 5.73 Å². The molecule has 1 nitrogen and oxygen atoms in total. The van der Waals surface area contributed by atoms with Gasteiger partial charge in [0.05, 0.1) is 5.56 Å². The molecule has 2 aromatic rings. The van der Waals surface area contributed by atoms with Crippen LogP contribution in [0.25, 0.3) is 0 Å². The van der Waals surface area contributed by atoms with Gasteiger partial charge >= 0.3 is 6.18 Å². The van der Waals surface area contributed by atoms with Crippen molar-refractivity contribution in [3.05, 3.63) is 53.6 Å². The molecule has 2 rings (SSSR count). The fourth-order valence-electron chi connectivity index (χ4n) is 1.53. The topological polar surface area (TPSA) is 26.0 Å². The molecule has 0 spiro atoms. The van der Waals surface area contributed by atoms with Crippen molar-refractivity contribution in [1.82, 2.24) is 0 Å². The monoisotopic (exact) mass is 305 g/mol. The third kappa shape index (κ3) is 3.22. The van der Waals surface area contributed by atoms with E-state index in [1.54, 1.807) is 0 Å². The van der Waals surface area contributed by atoms with Gasteiger partial charge in [-0.3, -0.25) is 0 Å². The van der Waals surface area contributed by atoms with Gasteiger partial charge in [-0.05, 0) is 36.4 Å². The van der Waals surface area contributed by atoms with Crippen LogP contribution in [0, 0.1) is 11.6 Å². The van der Waals surface area contributed by atoms with E-state index in [0.717, 1.165) is 18.2 Å². The average Bonchev–Trinajstić information content (AvgIpc) is 2.35. The predicted octanol–water partition coefficient (Wildman–Crippen LogP) is 4.72. The van der Waals surface area contributed by atoms with Crippen LogP contribution in [0.15, 0.2) is 46.2 Å². The van der Waals surface area contributed by atoms with Crippen molar-refractivity contribution >= 4 is 17.4 Å². The van der Waals surface area contributed by atoms with E-state index < -0.39 is 23.4 Å². The minimum Gasteiger partial charge on any atom is -0.399 e. The van der Waals surface area contributed by atoms with Crippen molar-refractivity contribution in [1.29, 1.82) is 0 Å². The van der Waals surface area contributed by atoms with Crippen LogP contribution in [-0.2, 0) is 6.18 Å². The number of halogens is 5. The van der Waals surface area contributed by atoms with Crippen LogP contribution in [-0.4, -0.2) is 0 Å². The summed E-state index contributed by atoms with van der Waals surface area (Å²) in [6, 6.07) is 6.24. The number of alkyl halides is 3. The predicted molar refractivity (Wildman–Crippen MR) is 66.3 cm³/mol. The normalized spacial score (nSPS) is 11.7. The molecule has 2 aromatic carbocycles. The lowest BCUT2D eigenvalue weighted by molar-refractivity contribution is -0.139. The van der Waals surface area contributed by atoms with Crippen LogP contribution in [0.3, 0.4) is 0 Å². The van der Waals surface area contributed by atoms with Crippen LogP contribution in [0.4, 0.5) is 27.6 Å². The van der Waals surface area contributed by atoms with E-state index in [2.05, 4.69) is 0 Å². The fraction of sp³-hybridized carbons (Fsp3) is 0.0769. The summed E-state index contributed by atoms with van der Waals surface area (Å²) < 4.78 is 64.4. The van der Waals surface area contributed by atoms with Gasteiger partial charge in [0, 0.05) is 15.5 Å². The third-order valence-corrected chi connectivity index (χ3v) is 3.49. The fourth-order valence-corrected chi connectivity index (χ4v) is 2.50. The molecule has 0 aliphatic heterocycles. The van der Waals surface area contributed by atoms with Gasteiger partial charge in [-0.1, -0.05) is 11.8 Å². The van der Waals surface area contributed by atoms with E-state index in [0.29, 0.717) is 11.8 Å². The largest absolute Gasteiger partial charge is 0.417 e. The highest BCUT2D eigenvalue weighted by Crippen LogP contribution is 2.40. The summed E-state index contributed by atoms with van der Waals surface area (Å²) in [6.07, 6.45) is -4.57. The molecule has 0 fully saturated rings. The smallest absolute Gasteiger partial charge is 0.399 e. The minimum absolute atomic E-state index is 0.0213. The highest BCUT2D eigenvalue weighted by molar-refractivity contribution is 7.99. The molecule has 0 bridgehead atoms. The minimum atomic E-state index is -4.57. The van der Waals surface area contributed by atoms with E-state index in [9.17, 15) is 22.0 Å². The first-order valence-electron chi connectivity index (χ1n) is 5.37. The second-order valence-electron chi connectivity index (χ2n) is 3.93. The lowest BCUT2D eigenvalue weighted by atomic mass is 10.2. The first-order chi connectivity index (χ1) is 9.27. The lowest BCUT2D eigenvalue weighted by Crippen LogP contribution is -2.07. The summed E-state index contributed by atoms with van der Waals surface area (Å²) in [5, 5.41) is 0. The second kappa shape index (κ2) is 5.32. The van der Waals surface area contributed by atoms with Crippen molar-refractivity contribution in [3.8, 4) is 0 Å². The molecule has 0 aromatic heterocycles. The summed E-state index contributed by atoms with van der Waals surface area (Å²) in [4.78, 5) is 0.0388.